The summed E-state index contributed by atoms with van der Waals surface area (Å²) in [7, 11) is 0. The summed E-state index contributed by atoms with van der Waals surface area (Å²) in [5, 5.41) is 18.9. The van der Waals surface area contributed by atoms with Crippen LogP contribution in [0.25, 0.3) is 10.4 Å². The van der Waals surface area contributed by atoms with Crippen molar-refractivity contribution in [2.24, 2.45) is 17.8 Å². The van der Waals surface area contributed by atoms with Crippen molar-refractivity contribution >= 4 is 28.9 Å². The normalized spacial score (nSPS) is 29.9. The lowest BCUT2D eigenvalue weighted by Crippen LogP contribution is -2.66. The number of rotatable bonds is 5. The molecular formula is C27H28F3N5O2S. The van der Waals surface area contributed by atoms with Crippen LogP contribution in [0.15, 0.2) is 36.7 Å². The number of hydrogen-bond acceptors (Lipinski definition) is 7. The third kappa shape index (κ3) is 4.35. The van der Waals surface area contributed by atoms with Crippen molar-refractivity contribution in [3.05, 3.63) is 52.9 Å². The molecule has 38 heavy (non-hydrogen) atoms. The number of nitrogens with zero attached hydrogens (tertiary/aromatic N) is 3. The Morgan fingerprint density at radius 1 is 1.13 bits per heavy atom. The highest BCUT2D eigenvalue weighted by Gasteiger charge is 2.63. The number of amides is 1. The Hall–Kier alpha value is -3.05. The monoisotopic (exact) mass is 543 g/mol. The fourth-order valence-electron chi connectivity index (χ4n) is 7.16. The number of halogens is 3. The van der Waals surface area contributed by atoms with E-state index >= 15 is 0 Å². The van der Waals surface area contributed by atoms with Gasteiger partial charge in [0.15, 0.2) is 0 Å². The average molecular weight is 544 g/mol. The van der Waals surface area contributed by atoms with Crippen LogP contribution in [0.4, 0.5) is 24.8 Å². The molecule has 5 atom stereocenters. The van der Waals surface area contributed by atoms with Crippen molar-refractivity contribution in [2.45, 2.75) is 63.3 Å². The number of alkyl halides is 3. The molecule has 7 nitrogen and oxygen atoms in total. The van der Waals surface area contributed by atoms with E-state index in [1.54, 1.807) is 13.1 Å². The van der Waals surface area contributed by atoms with E-state index in [4.69, 9.17) is 0 Å². The maximum atomic E-state index is 13.1. The van der Waals surface area contributed by atoms with Gasteiger partial charge >= 0.3 is 6.18 Å². The topological polar surface area (TPSA) is 100 Å². The summed E-state index contributed by atoms with van der Waals surface area (Å²) < 4.78 is 39.2. The van der Waals surface area contributed by atoms with Gasteiger partial charge in [0.2, 0.25) is 11.9 Å². The lowest BCUT2D eigenvalue weighted by Gasteiger charge is -2.62. The highest BCUT2D eigenvalue weighted by Crippen LogP contribution is 2.63. The van der Waals surface area contributed by atoms with Gasteiger partial charge in [0, 0.05) is 30.5 Å². The highest BCUT2D eigenvalue weighted by molar-refractivity contribution is 7.15. The first-order valence-electron chi connectivity index (χ1n) is 12.7. The van der Waals surface area contributed by atoms with Gasteiger partial charge in [-0.3, -0.25) is 4.79 Å². The molecule has 4 saturated carbocycles. The van der Waals surface area contributed by atoms with Crippen LogP contribution in [0.3, 0.4) is 0 Å². The third-order valence-electron chi connectivity index (χ3n) is 8.29. The summed E-state index contributed by atoms with van der Waals surface area (Å²) in [4.78, 5) is 25.0. The number of thiazole rings is 1. The molecule has 1 aromatic carbocycles. The second kappa shape index (κ2) is 8.74. The molecule has 3 unspecified atom stereocenters. The van der Waals surface area contributed by atoms with Crippen molar-refractivity contribution in [3.63, 3.8) is 0 Å². The summed E-state index contributed by atoms with van der Waals surface area (Å²) in [6.45, 7) is 3.46. The minimum absolute atomic E-state index is 0.0218. The van der Waals surface area contributed by atoms with E-state index < -0.39 is 17.5 Å². The summed E-state index contributed by atoms with van der Waals surface area (Å²) in [5.41, 5.74) is 0.0254. The van der Waals surface area contributed by atoms with Gasteiger partial charge in [-0.2, -0.15) is 13.2 Å². The van der Waals surface area contributed by atoms with Gasteiger partial charge in [0.1, 0.15) is 16.3 Å². The molecule has 0 radical (unpaired) electrons. The minimum atomic E-state index is -4.56. The lowest BCUT2D eigenvalue weighted by molar-refractivity contribution is -0.192. The van der Waals surface area contributed by atoms with Crippen LogP contribution in [0.1, 0.15) is 55.3 Å². The number of aliphatic hydroxyl groups is 1. The van der Waals surface area contributed by atoms with Gasteiger partial charge in [-0.1, -0.05) is 6.07 Å². The predicted octanol–water partition coefficient (Wildman–Crippen LogP) is 5.57. The number of nitrogens with one attached hydrogen (secondary N) is 2. The second-order valence-electron chi connectivity index (χ2n) is 11.1. The SMILES string of the molecule is CC(=O)NC12CC3C[C@H](C1)C(O)(c1ncc(-c4cc(C)cc(Nc5nccc(C(F)(F)F)n5)c4)s1)[C@@H](C3)C2. The van der Waals surface area contributed by atoms with E-state index in [1.165, 1.54) is 11.3 Å². The number of carbonyl (C=O) groups excluding carboxylic acids is 1. The number of anilines is 2. The molecule has 200 valence electrons. The van der Waals surface area contributed by atoms with Crippen molar-refractivity contribution < 1.29 is 23.1 Å². The van der Waals surface area contributed by atoms with E-state index in [9.17, 15) is 23.1 Å². The highest BCUT2D eigenvalue weighted by atomic mass is 32.1. The molecule has 3 aromatic rings. The molecule has 7 rings (SSSR count). The van der Waals surface area contributed by atoms with E-state index in [0.29, 0.717) is 16.6 Å². The Labute approximate surface area is 221 Å². The fraction of sp³-hybridized carbons (Fsp3) is 0.481. The third-order valence-corrected chi connectivity index (χ3v) is 9.47. The summed E-state index contributed by atoms with van der Waals surface area (Å²) in [5.74, 6) is 0.408. The number of aromatic nitrogens is 3. The number of hydrogen-bond donors (Lipinski definition) is 3. The van der Waals surface area contributed by atoms with Crippen LogP contribution in [0, 0.1) is 24.7 Å². The van der Waals surface area contributed by atoms with Crippen molar-refractivity contribution in [3.8, 4) is 10.4 Å². The zero-order valence-electron chi connectivity index (χ0n) is 21.0. The zero-order chi connectivity index (χ0) is 26.9. The Bertz CT molecular complexity index is 1390. The number of benzene rings is 1. The molecule has 2 aromatic heterocycles. The molecule has 11 heteroatoms. The Balaban J connectivity index is 1.27. The maximum absolute atomic E-state index is 13.1. The van der Waals surface area contributed by atoms with Crippen molar-refractivity contribution in [1.29, 1.82) is 0 Å². The van der Waals surface area contributed by atoms with Crippen LogP contribution in [-0.2, 0) is 16.6 Å². The lowest BCUT2D eigenvalue weighted by atomic mass is 9.47. The van der Waals surface area contributed by atoms with Gasteiger partial charge in [0.25, 0.3) is 0 Å². The van der Waals surface area contributed by atoms with Gasteiger partial charge in [0.05, 0.1) is 4.88 Å². The van der Waals surface area contributed by atoms with Gasteiger partial charge in [-0.15, -0.1) is 11.3 Å². The molecular weight excluding hydrogens is 515 g/mol. The standard InChI is InChI=1S/C27H28F3N5O2S/c1-14-5-17(9-20(6-14)33-24-31-4-3-22(34-24)27(28,29)30)21-13-32-23(38-21)26(37)18-7-16-8-19(26)12-25(10-16,11-18)35-15(2)36/h3-6,9,13,16,18-19,37H,7-8,10-12H2,1-2H3,(H,35,36)(H,31,33,34)/t16?,18-,19+,25?,26?. The summed E-state index contributed by atoms with van der Waals surface area (Å²) in [6, 6.07) is 6.43. The first-order valence-corrected chi connectivity index (χ1v) is 13.5. The van der Waals surface area contributed by atoms with Gasteiger partial charge < -0.3 is 15.7 Å². The number of carbonyl (C=O) groups is 1. The molecule has 4 fully saturated rings. The number of aryl methyl sites for hydroxylation is 1. The first-order chi connectivity index (χ1) is 17.9. The quantitative estimate of drug-likeness (QED) is 0.389. The Morgan fingerprint density at radius 2 is 1.87 bits per heavy atom. The van der Waals surface area contributed by atoms with E-state index in [0.717, 1.165) is 60.4 Å². The molecule has 1 amide bonds. The van der Waals surface area contributed by atoms with Crippen LogP contribution in [-0.4, -0.2) is 31.5 Å². The largest absolute Gasteiger partial charge is 0.433 e. The fourth-order valence-corrected chi connectivity index (χ4v) is 8.31. The van der Waals surface area contributed by atoms with E-state index in [2.05, 4.69) is 25.6 Å². The molecule has 4 aliphatic rings. The summed E-state index contributed by atoms with van der Waals surface area (Å²) in [6.07, 6.45) is 2.61. The van der Waals surface area contributed by atoms with Crippen LogP contribution in [0.5, 0.6) is 0 Å². The minimum Gasteiger partial charge on any atom is -0.382 e. The predicted molar refractivity (Wildman–Crippen MR) is 137 cm³/mol. The summed E-state index contributed by atoms with van der Waals surface area (Å²) >= 11 is 1.45. The van der Waals surface area contributed by atoms with Crippen molar-refractivity contribution in [2.75, 3.05) is 5.32 Å². The van der Waals surface area contributed by atoms with E-state index in [1.807, 2.05) is 25.1 Å². The molecule has 0 saturated heterocycles. The Morgan fingerprint density at radius 3 is 2.55 bits per heavy atom. The average Bonchev–Trinajstić information content (AvgIpc) is 3.32. The molecule has 0 spiro atoms. The molecule has 3 N–H and O–H groups in total. The molecule has 4 bridgehead atoms. The van der Waals surface area contributed by atoms with Crippen molar-refractivity contribution in [1.82, 2.24) is 20.3 Å². The molecule has 4 aliphatic carbocycles. The molecule has 0 aliphatic heterocycles. The maximum Gasteiger partial charge on any atom is 0.433 e. The first kappa shape index (κ1) is 25.2. The van der Waals surface area contributed by atoms with Crippen LogP contribution < -0.4 is 10.6 Å². The van der Waals surface area contributed by atoms with Crippen LogP contribution in [0.2, 0.25) is 0 Å². The van der Waals surface area contributed by atoms with Gasteiger partial charge in [-0.05, 0) is 86.1 Å². The van der Waals surface area contributed by atoms with Crippen LogP contribution >= 0.6 is 11.3 Å². The zero-order valence-corrected chi connectivity index (χ0v) is 21.8. The Kier molecular flexibility index (Phi) is 5.80. The smallest absolute Gasteiger partial charge is 0.382 e. The second-order valence-corrected chi connectivity index (χ2v) is 12.2. The molecule has 2 heterocycles. The van der Waals surface area contributed by atoms with E-state index in [-0.39, 0.29) is 29.2 Å². The van der Waals surface area contributed by atoms with Gasteiger partial charge in [-0.25, -0.2) is 15.0 Å².